The Morgan fingerprint density at radius 2 is 2.07 bits per heavy atom. The van der Waals surface area contributed by atoms with Crippen LogP contribution in [0, 0.1) is 0 Å². The van der Waals surface area contributed by atoms with Gasteiger partial charge >= 0.3 is 0 Å². The number of benzene rings is 2. The number of hydrogen-bond acceptors (Lipinski definition) is 5. The van der Waals surface area contributed by atoms with Gasteiger partial charge in [0.15, 0.2) is 17.3 Å². The molecule has 0 saturated heterocycles. The van der Waals surface area contributed by atoms with E-state index in [1.807, 2.05) is 47.0 Å². The number of carbonyl (C=O) groups excluding carboxylic acids is 1. The zero-order valence-electron chi connectivity index (χ0n) is 14.6. The average molecular weight is 363 g/mol. The van der Waals surface area contributed by atoms with Crippen molar-refractivity contribution < 1.29 is 19.0 Å². The lowest BCUT2D eigenvalue weighted by Gasteiger charge is -2.25. The molecule has 0 radical (unpaired) electrons. The van der Waals surface area contributed by atoms with E-state index in [4.69, 9.17) is 14.2 Å². The number of amides is 1. The van der Waals surface area contributed by atoms with Gasteiger partial charge in [0.25, 0.3) is 0 Å². The van der Waals surface area contributed by atoms with Crippen molar-refractivity contribution in [3.05, 3.63) is 60.0 Å². The van der Waals surface area contributed by atoms with Gasteiger partial charge < -0.3 is 24.1 Å². The monoisotopic (exact) mass is 363 g/mol. The predicted octanol–water partition coefficient (Wildman–Crippen LogP) is 3.08. The van der Waals surface area contributed by atoms with Gasteiger partial charge in [-0.1, -0.05) is 12.1 Å². The fourth-order valence-electron chi connectivity index (χ4n) is 3.62. The molecule has 7 heteroatoms. The van der Waals surface area contributed by atoms with Crippen molar-refractivity contribution in [1.82, 2.24) is 9.55 Å². The van der Waals surface area contributed by atoms with E-state index >= 15 is 0 Å². The Balaban J connectivity index is 1.63. The van der Waals surface area contributed by atoms with Crippen LogP contribution in [0.1, 0.15) is 23.6 Å². The molecule has 5 rings (SSSR count). The van der Waals surface area contributed by atoms with Gasteiger partial charge in [0.05, 0.1) is 18.5 Å². The van der Waals surface area contributed by atoms with Crippen molar-refractivity contribution in [1.29, 1.82) is 0 Å². The smallest absolute Gasteiger partial charge is 0.231 e. The number of anilines is 1. The number of rotatable bonds is 3. The van der Waals surface area contributed by atoms with E-state index in [-0.39, 0.29) is 18.6 Å². The van der Waals surface area contributed by atoms with Crippen LogP contribution in [0.25, 0.3) is 5.69 Å². The van der Waals surface area contributed by atoms with Crippen molar-refractivity contribution in [3.63, 3.8) is 0 Å². The van der Waals surface area contributed by atoms with Gasteiger partial charge in [0.2, 0.25) is 12.7 Å². The van der Waals surface area contributed by atoms with Gasteiger partial charge in [-0.3, -0.25) is 4.79 Å². The first kappa shape index (κ1) is 15.7. The number of aromatic nitrogens is 2. The highest BCUT2D eigenvalue weighted by molar-refractivity contribution is 5.94. The number of nitrogens with one attached hydrogen (secondary N) is 1. The second-order valence-electron chi connectivity index (χ2n) is 6.47. The zero-order valence-corrected chi connectivity index (χ0v) is 14.6. The Morgan fingerprint density at radius 1 is 1.19 bits per heavy atom. The Bertz CT molecular complexity index is 1040. The van der Waals surface area contributed by atoms with Crippen LogP contribution in [0.15, 0.2) is 48.8 Å². The van der Waals surface area contributed by atoms with Crippen LogP contribution in [-0.4, -0.2) is 29.4 Å². The lowest BCUT2D eigenvalue weighted by molar-refractivity contribution is -0.116. The summed E-state index contributed by atoms with van der Waals surface area (Å²) in [6.07, 6.45) is 2.06. The summed E-state index contributed by atoms with van der Waals surface area (Å²) in [6, 6.07) is 13.5. The number of hydrogen-bond donors (Lipinski definition) is 1. The third-order valence-electron chi connectivity index (χ3n) is 4.91. The van der Waals surface area contributed by atoms with Crippen LogP contribution >= 0.6 is 0 Å². The van der Waals surface area contributed by atoms with Crippen LogP contribution in [0.5, 0.6) is 17.2 Å². The number of imidazole rings is 1. The van der Waals surface area contributed by atoms with Gasteiger partial charge in [0.1, 0.15) is 12.1 Å². The maximum absolute atomic E-state index is 12.3. The largest absolute Gasteiger partial charge is 0.497 e. The molecule has 7 nitrogen and oxygen atoms in total. The summed E-state index contributed by atoms with van der Waals surface area (Å²) in [4.78, 5) is 16.7. The highest BCUT2D eigenvalue weighted by Gasteiger charge is 2.32. The molecule has 3 aromatic rings. The normalized spacial score (nSPS) is 17.4. The van der Waals surface area contributed by atoms with Gasteiger partial charge in [-0.25, -0.2) is 4.98 Å². The van der Waals surface area contributed by atoms with E-state index in [1.165, 1.54) is 0 Å². The van der Waals surface area contributed by atoms with Crippen LogP contribution in [0.2, 0.25) is 0 Å². The maximum atomic E-state index is 12.3. The maximum Gasteiger partial charge on any atom is 0.231 e. The molecule has 1 N–H and O–H groups in total. The van der Waals surface area contributed by atoms with E-state index in [9.17, 15) is 4.79 Å². The first-order valence-corrected chi connectivity index (χ1v) is 8.64. The molecular weight excluding hydrogens is 346 g/mol. The van der Waals surface area contributed by atoms with Crippen LogP contribution in [0.3, 0.4) is 0 Å². The lowest BCUT2D eigenvalue weighted by Crippen LogP contribution is -2.25. The molecule has 1 aromatic heterocycles. The molecule has 0 unspecified atom stereocenters. The molecule has 2 aliphatic rings. The Kier molecular flexibility index (Phi) is 3.53. The number of ether oxygens (including phenoxy) is 3. The van der Waals surface area contributed by atoms with Crippen molar-refractivity contribution >= 4 is 11.7 Å². The van der Waals surface area contributed by atoms with Gasteiger partial charge in [0, 0.05) is 18.4 Å². The van der Waals surface area contributed by atoms with Crippen molar-refractivity contribution in [2.45, 2.75) is 12.3 Å². The third-order valence-corrected chi connectivity index (χ3v) is 4.91. The van der Waals surface area contributed by atoms with Crippen LogP contribution < -0.4 is 19.5 Å². The predicted molar refractivity (Wildman–Crippen MR) is 97.8 cm³/mol. The second-order valence-corrected chi connectivity index (χ2v) is 6.47. The van der Waals surface area contributed by atoms with E-state index in [2.05, 4.69) is 10.3 Å². The third kappa shape index (κ3) is 2.59. The summed E-state index contributed by atoms with van der Waals surface area (Å²) in [5.41, 5.74) is 2.84. The Labute approximate surface area is 155 Å². The van der Waals surface area contributed by atoms with Crippen LogP contribution in [-0.2, 0) is 4.79 Å². The zero-order chi connectivity index (χ0) is 18.4. The Hall–Kier alpha value is -3.48. The van der Waals surface area contributed by atoms with Crippen molar-refractivity contribution in [2.24, 2.45) is 0 Å². The molecule has 0 bridgehead atoms. The summed E-state index contributed by atoms with van der Waals surface area (Å²) in [5, 5.41) is 2.87. The lowest BCUT2D eigenvalue weighted by atomic mass is 9.89. The van der Waals surface area contributed by atoms with Gasteiger partial charge in [-0.2, -0.15) is 0 Å². The van der Waals surface area contributed by atoms with E-state index in [1.54, 1.807) is 13.4 Å². The van der Waals surface area contributed by atoms with Crippen molar-refractivity contribution in [2.75, 3.05) is 19.2 Å². The molecule has 0 aliphatic carbocycles. The number of methoxy groups -OCH3 is 1. The topological polar surface area (TPSA) is 74.6 Å². The van der Waals surface area contributed by atoms with Crippen LogP contribution in [0.4, 0.5) is 5.82 Å². The molecule has 0 saturated carbocycles. The summed E-state index contributed by atoms with van der Waals surface area (Å²) in [7, 11) is 1.64. The molecule has 1 amide bonds. The highest BCUT2D eigenvalue weighted by Crippen LogP contribution is 2.41. The van der Waals surface area contributed by atoms with E-state index < -0.39 is 0 Å². The SMILES string of the molecule is COc1cccc(-n2cnc3c2[C@@H](c2ccc4c(c2)OCO4)CC(=O)N3)c1. The molecule has 2 aromatic carbocycles. The molecule has 0 spiro atoms. The standard InChI is InChI=1S/C20H17N3O4/c1-25-14-4-2-3-13(8-14)23-10-21-20-19(23)15(9-18(24)22-20)12-5-6-16-17(7-12)27-11-26-16/h2-8,10,15H,9,11H2,1H3,(H,22,24)/t15-/m1/s1. The van der Waals surface area contributed by atoms with E-state index in [0.717, 1.165) is 28.4 Å². The number of fused-ring (bicyclic) bond motifs is 2. The fourth-order valence-corrected chi connectivity index (χ4v) is 3.62. The number of nitrogens with zero attached hydrogens (tertiary/aromatic N) is 2. The molecular formula is C20H17N3O4. The Morgan fingerprint density at radius 3 is 2.96 bits per heavy atom. The molecule has 2 aliphatic heterocycles. The first-order chi connectivity index (χ1) is 13.2. The molecule has 27 heavy (non-hydrogen) atoms. The average Bonchev–Trinajstić information content (AvgIpc) is 3.33. The molecule has 136 valence electrons. The number of carbonyl (C=O) groups is 1. The summed E-state index contributed by atoms with van der Waals surface area (Å²) in [5.74, 6) is 2.57. The molecule has 3 heterocycles. The van der Waals surface area contributed by atoms with Crippen molar-refractivity contribution in [3.8, 4) is 22.9 Å². The summed E-state index contributed by atoms with van der Waals surface area (Å²) in [6.45, 7) is 0.219. The van der Waals surface area contributed by atoms with Gasteiger partial charge in [-0.05, 0) is 29.8 Å². The molecule has 0 fully saturated rings. The quantitative estimate of drug-likeness (QED) is 0.774. The second kappa shape index (κ2) is 6.05. The minimum atomic E-state index is -0.142. The highest BCUT2D eigenvalue weighted by atomic mass is 16.7. The summed E-state index contributed by atoms with van der Waals surface area (Å²) >= 11 is 0. The minimum Gasteiger partial charge on any atom is -0.497 e. The first-order valence-electron chi connectivity index (χ1n) is 8.64. The fraction of sp³-hybridized carbons (Fsp3) is 0.200. The van der Waals surface area contributed by atoms with Gasteiger partial charge in [-0.15, -0.1) is 0 Å². The summed E-state index contributed by atoms with van der Waals surface area (Å²) < 4.78 is 18.2. The minimum absolute atomic E-state index is 0.0546. The van der Waals surface area contributed by atoms with E-state index in [0.29, 0.717) is 18.0 Å². The molecule has 1 atom stereocenters.